The van der Waals surface area contributed by atoms with Crippen LogP contribution in [0, 0.1) is 0 Å². The summed E-state index contributed by atoms with van der Waals surface area (Å²) in [5.74, 6) is 0.742. The zero-order valence-electron chi connectivity index (χ0n) is 7.94. The lowest BCUT2D eigenvalue weighted by atomic mass is 10.1. The quantitative estimate of drug-likeness (QED) is 0.550. The summed E-state index contributed by atoms with van der Waals surface area (Å²) in [6.45, 7) is 1.69. The molecule has 0 saturated carbocycles. The van der Waals surface area contributed by atoms with E-state index < -0.39 is 0 Å². The Morgan fingerprint density at radius 2 is 2.57 bits per heavy atom. The predicted octanol–water partition coefficient (Wildman–Crippen LogP) is -0.110. The summed E-state index contributed by atoms with van der Waals surface area (Å²) in [5.41, 5.74) is 1.23. The molecule has 0 saturated heterocycles. The van der Waals surface area contributed by atoms with E-state index in [4.69, 9.17) is 11.6 Å². The average molecular weight is 214 g/mol. The third-order valence-corrected chi connectivity index (χ3v) is 2.32. The van der Waals surface area contributed by atoms with E-state index in [1.807, 2.05) is 0 Å². The van der Waals surface area contributed by atoms with Crippen molar-refractivity contribution in [3.05, 3.63) is 17.5 Å². The fraction of sp³-hybridized carbons (Fsp3) is 0.625. The molecule has 0 aliphatic carbocycles. The molecule has 2 heterocycles. The summed E-state index contributed by atoms with van der Waals surface area (Å²) < 4.78 is 0. The zero-order chi connectivity index (χ0) is 9.97. The Bertz CT molecular complexity index is 345. The van der Waals surface area contributed by atoms with Crippen LogP contribution in [0.1, 0.15) is 5.82 Å². The number of aromatic nitrogens is 4. The van der Waals surface area contributed by atoms with Gasteiger partial charge in [-0.25, -0.2) is 0 Å². The third-order valence-electron chi connectivity index (χ3n) is 2.04. The highest BCUT2D eigenvalue weighted by Crippen LogP contribution is 2.10. The number of nitrogens with one attached hydrogen (secondary N) is 1. The molecular formula is C8H12ClN5. The molecule has 0 fully saturated rings. The van der Waals surface area contributed by atoms with Crippen LogP contribution in [-0.4, -0.2) is 38.7 Å². The second-order valence-electron chi connectivity index (χ2n) is 3.34. The first-order chi connectivity index (χ1) is 6.74. The molecule has 0 radical (unpaired) electrons. The van der Waals surface area contributed by atoms with Crippen LogP contribution in [0.5, 0.6) is 0 Å². The fourth-order valence-electron chi connectivity index (χ4n) is 1.46. The molecule has 0 spiro atoms. The third kappa shape index (κ3) is 2.30. The van der Waals surface area contributed by atoms with Crippen molar-refractivity contribution in [2.45, 2.75) is 11.8 Å². The predicted molar refractivity (Wildman–Crippen MR) is 53.1 cm³/mol. The summed E-state index contributed by atoms with van der Waals surface area (Å²) in [5, 5.41) is 15.1. The van der Waals surface area contributed by atoms with Gasteiger partial charge in [0.1, 0.15) is 0 Å². The molecule has 6 heteroatoms. The number of nitrogens with zero attached hydrogens (tertiary/aromatic N) is 4. The van der Waals surface area contributed by atoms with Crippen molar-refractivity contribution >= 4 is 11.6 Å². The molecule has 0 bridgehead atoms. The minimum atomic E-state index is 0.0791. The van der Waals surface area contributed by atoms with Crippen LogP contribution in [0.4, 0.5) is 0 Å². The molecule has 1 atom stereocenters. The van der Waals surface area contributed by atoms with Crippen molar-refractivity contribution in [2.75, 3.05) is 13.1 Å². The van der Waals surface area contributed by atoms with Crippen LogP contribution < -0.4 is 5.32 Å². The smallest absolute Gasteiger partial charge is 0.178 e. The van der Waals surface area contributed by atoms with Gasteiger partial charge >= 0.3 is 0 Å². The van der Waals surface area contributed by atoms with Gasteiger partial charge in [0, 0.05) is 19.5 Å². The Morgan fingerprint density at radius 3 is 3.21 bits per heavy atom. The van der Waals surface area contributed by atoms with E-state index in [0.717, 1.165) is 25.3 Å². The van der Waals surface area contributed by atoms with Crippen LogP contribution in [0.25, 0.3) is 0 Å². The lowest BCUT2D eigenvalue weighted by Gasteiger charge is -2.16. The lowest BCUT2D eigenvalue weighted by Crippen LogP contribution is -2.30. The molecular weight excluding hydrogens is 202 g/mol. The van der Waals surface area contributed by atoms with Crippen molar-refractivity contribution in [3.63, 3.8) is 0 Å². The first kappa shape index (κ1) is 9.61. The van der Waals surface area contributed by atoms with Crippen molar-refractivity contribution in [2.24, 2.45) is 7.05 Å². The monoisotopic (exact) mass is 213 g/mol. The van der Waals surface area contributed by atoms with Gasteiger partial charge in [0.15, 0.2) is 5.82 Å². The molecule has 5 nitrogen and oxygen atoms in total. The Kier molecular flexibility index (Phi) is 2.79. The van der Waals surface area contributed by atoms with Gasteiger partial charge in [-0.05, 0) is 5.21 Å². The summed E-state index contributed by atoms with van der Waals surface area (Å²) in [7, 11) is 1.76. The first-order valence-electron chi connectivity index (χ1n) is 4.51. The number of hydrogen-bond acceptors (Lipinski definition) is 4. The van der Waals surface area contributed by atoms with Crippen molar-refractivity contribution < 1.29 is 0 Å². The van der Waals surface area contributed by atoms with Crippen LogP contribution in [-0.2, 0) is 13.5 Å². The Labute approximate surface area is 87.1 Å². The van der Waals surface area contributed by atoms with Gasteiger partial charge in [0.05, 0.1) is 12.4 Å². The van der Waals surface area contributed by atoms with Gasteiger partial charge in [-0.3, -0.25) is 0 Å². The van der Waals surface area contributed by atoms with E-state index in [-0.39, 0.29) is 5.38 Å². The molecule has 1 aromatic rings. The standard InChI is InChI=1S/C8H12ClN5/c1-14-12-8(11-13-14)3-6-2-7(9)5-10-4-6/h2,7,10H,3-5H2,1H3. The summed E-state index contributed by atoms with van der Waals surface area (Å²) in [6.07, 6.45) is 2.79. The molecule has 2 rings (SSSR count). The highest BCUT2D eigenvalue weighted by atomic mass is 35.5. The molecule has 76 valence electrons. The highest BCUT2D eigenvalue weighted by Gasteiger charge is 2.12. The molecule has 1 aliphatic rings. The van der Waals surface area contributed by atoms with Gasteiger partial charge in [-0.2, -0.15) is 4.80 Å². The first-order valence-corrected chi connectivity index (χ1v) is 4.95. The second kappa shape index (κ2) is 4.06. The minimum absolute atomic E-state index is 0.0791. The van der Waals surface area contributed by atoms with Crippen molar-refractivity contribution in [3.8, 4) is 0 Å². The van der Waals surface area contributed by atoms with E-state index in [0.29, 0.717) is 0 Å². The van der Waals surface area contributed by atoms with Crippen LogP contribution in [0.15, 0.2) is 11.6 Å². The van der Waals surface area contributed by atoms with E-state index >= 15 is 0 Å². The SMILES string of the molecule is Cn1nnc(CC2=CC(Cl)CNC2)n1. The molecule has 14 heavy (non-hydrogen) atoms. The summed E-state index contributed by atoms with van der Waals surface area (Å²) in [6, 6.07) is 0. The summed E-state index contributed by atoms with van der Waals surface area (Å²) >= 11 is 5.98. The van der Waals surface area contributed by atoms with Crippen molar-refractivity contribution in [1.82, 2.24) is 25.5 Å². The Balaban J connectivity index is 2.03. The highest BCUT2D eigenvalue weighted by molar-refractivity contribution is 6.22. The molecule has 1 aliphatic heterocycles. The Hall–Kier alpha value is -0.940. The maximum absolute atomic E-state index is 5.98. The van der Waals surface area contributed by atoms with E-state index in [1.165, 1.54) is 10.4 Å². The number of rotatable bonds is 2. The van der Waals surface area contributed by atoms with Crippen LogP contribution >= 0.6 is 11.6 Å². The number of alkyl halides is 1. The molecule has 0 amide bonds. The number of tetrazole rings is 1. The average Bonchev–Trinajstić information content (AvgIpc) is 2.51. The maximum atomic E-state index is 5.98. The molecule has 1 N–H and O–H groups in total. The largest absolute Gasteiger partial charge is 0.311 e. The van der Waals surface area contributed by atoms with E-state index in [1.54, 1.807) is 7.05 Å². The number of halogens is 1. The topological polar surface area (TPSA) is 55.6 Å². The van der Waals surface area contributed by atoms with Gasteiger partial charge in [-0.15, -0.1) is 21.8 Å². The fourth-order valence-corrected chi connectivity index (χ4v) is 1.75. The molecule has 1 unspecified atom stereocenters. The number of hydrogen-bond donors (Lipinski definition) is 1. The van der Waals surface area contributed by atoms with Gasteiger partial charge < -0.3 is 5.32 Å². The van der Waals surface area contributed by atoms with Gasteiger partial charge in [-0.1, -0.05) is 11.6 Å². The van der Waals surface area contributed by atoms with Crippen LogP contribution in [0.3, 0.4) is 0 Å². The van der Waals surface area contributed by atoms with E-state index in [2.05, 4.69) is 26.8 Å². The Morgan fingerprint density at radius 1 is 1.71 bits per heavy atom. The summed E-state index contributed by atoms with van der Waals surface area (Å²) in [4.78, 5) is 1.46. The molecule has 1 aromatic heterocycles. The van der Waals surface area contributed by atoms with Crippen molar-refractivity contribution in [1.29, 1.82) is 0 Å². The van der Waals surface area contributed by atoms with Gasteiger partial charge in [0.25, 0.3) is 0 Å². The lowest BCUT2D eigenvalue weighted by molar-refractivity contribution is 0.627. The van der Waals surface area contributed by atoms with Gasteiger partial charge in [0.2, 0.25) is 0 Å². The van der Waals surface area contributed by atoms with Crippen LogP contribution in [0.2, 0.25) is 0 Å². The second-order valence-corrected chi connectivity index (χ2v) is 3.90. The van der Waals surface area contributed by atoms with E-state index in [9.17, 15) is 0 Å². The normalized spacial score (nSPS) is 22.1. The number of aryl methyl sites for hydroxylation is 1. The molecule has 0 aromatic carbocycles. The minimum Gasteiger partial charge on any atom is -0.311 e. The maximum Gasteiger partial charge on any atom is 0.178 e. The zero-order valence-corrected chi connectivity index (χ0v) is 8.70.